The molecule has 1 saturated heterocycles. The molecule has 2 heterocycles. The summed E-state index contributed by atoms with van der Waals surface area (Å²) < 4.78 is 6.22. The van der Waals surface area contributed by atoms with Crippen LogP contribution in [0.3, 0.4) is 0 Å². The third-order valence-corrected chi connectivity index (χ3v) is 5.53. The summed E-state index contributed by atoms with van der Waals surface area (Å²) in [4.78, 5) is 2.66. The quantitative estimate of drug-likeness (QED) is 0.850. The number of benzene rings is 1. The monoisotopic (exact) mass is 286 g/mol. The molecule has 3 nitrogen and oxygen atoms in total. The van der Waals surface area contributed by atoms with Gasteiger partial charge >= 0.3 is 0 Å². The second-order valence-electron chi connectivity index (χ2n) is 6.88. The maximum Gasteiger partial charge on any atom is 0.0702 e. The molecule has 1 spiro atoms. The van der Waals surface area contributed by atoms with Gasteiger partial charge in [0.2, 0.25) is 0 Å². The summed E-state index contributed by atoms with van der Waals surface area (Å²) in [6, 6.07) is 9.46. The van der Waals surface area contributed by atoms with Crippen molar-refractivity contribution in [2.24, 2.45) is 0 Å². The molecule has 0 aromatic heterocycles. The summed E-state index contributed by atoms with van der Waals surface area (Å²) in [7, 11) is 0. The van der Waals surface area contributed by atoms with Crippen molar-refractivity contribution < 1.29 is 4.74 Å². The summed E-state index contributed by atoms with van der Waals surface area (Å²) >= 11 is 0. The number of rotatable bonds is 1. The smallest absolute Gasteiger partial charge is 0.0702 e. The minimum atomic E-state index is 0.206. The van der Waals surface area contributed by atoms with Gasteiger partial charge in [-0.3, -0.25) is 0 Å². The molecule has 2 aliphatic heterocycles. The third kappa shape index (κ3) is 2.52. The van der Waals surface area contributed by atoms with Crippen LogP contribution in [0.2, 0.25) is 0 Å². The van der Waals surface area contributed by atoms with E-state index >= 15 is 0 Å². The number of anilines is 2. The molecule has 1 unspecified atom stereocenters. The number of hydrogen-bond acceptors (Lipinski definition) is 3. The van der Waals surface area contributed by atoms with E-state index in [4.69, 9.17) is 4.74 Å². The Morgan fingerprint density at radius 2 is 2.00 bits per heavy atom. The van der Waals surface area contributed by atoms with Crippen LogP contribution in [0.1, 0.15) is 44.9 Å². The molecule has 1 aliphatic carbocycles. The summed E-state index contributed by atoms with van der Waals surface area (Å²) in [5, 5.41) is 3.58. The lowest BCUT2D eigenvalue weighted by Crippen LogP contribution is -2.48. The van der Waals surface area contributed by atoms with E-state index in [0.29, 0.717) is 6.04 Å². The topological polar surface area (TPSA) is 24.5 Å². The van der Waals surface area contributed by atoms with Gasteiger partial charge in [0.15, 0.2) is 0 Å². The Kier molecular flexibility index (Phi) is 3.54. The number of hydrogen-bond donors (Lipinski definition) is 1. The molecule has 4 rings (SSSR count). The largest absolute Gasteiger partial charge is 0.383 e. The van der Waals surface area contributed by atoms with Gasteiger partial charge in [0, 0.05) is 25.7 Å². The van der Waals surface area contributed by atoms with E-state index < -0.39 is 0 Å². The van der Waals surface area contributed by atoms with Crippen molar-refractivity contribution in [2.45, 2.75) is 56.6 Å². The van der Waals surface area contributed by atoms with E-state index in [1.807, 2.05) is 0 Å². The average Bonchev–Trinajstić information content (AvgIpc) is 2.85. The zero-order valence-corrected chi connectivity index (χ0v) is 12.8. The first-order valence-electron chi connectivity index (χ1n) is 8.60. The van der Waals surface area contributed by atoms with Crippen molar-refractivity contribution >= 4 is 11.4 Å². The second-order valence-corrected chi connectivity index (χ2v) is 6.88. The Balaban J connectivity index is 1.60. The van der Waals surface area contributed by atoms with Crippen LogP contribution in [-0.2, 0) is 4.74 Å². The molecule has 114 valence electrons. The molecule has 1 aromatic carbocycles. The number of ether oxygens (including phenoxy) is 1. The van der Waals surface area contributed by atoms with E-state index in [9.17, 15) is 0 Å². The molecule has 1 aromatic rings. The first-order valence-corrected chi connectivity index (χ1v) is 8.60. The highest BCUT2D eigenvalue weighted by Crippen LogP contribution is 2.43. The highest BCUT2D eigenvalue weighted by Gasteiger charge is 2.41. The lowest BCUT2D eigenvalue weighted by Gasteiger charge is -2.44. The summed E-state index contributed by atoms with van der Waals surface area (Å²) in [6.45, 7) is 3.20. The minimum Gasteiger partial charge on any atom is -0.383 e. The summed E-state index contributed by atoms with van der Waals surface area (Å²) in [5.74, 6) is 0. The maximum atomic E-state index is 6.22. The van der Waals surface area contributed by atoms with Crippen LogP contribution in [0.4, 0.5) is 11.4 Å². The van der Waals surface area contributed by atoms with Crippen LogP contribution in [0.5, 0.6) is 0 Å². The number of fused-ring (bicyclic) bond motifs is 1. The SMILES string of the molecule is c1ccc2c(c1)NCCCN2C1CCOC2(CCCC2)C1. The van der Waals surface area contributed by atoms with E-state index in [2.05, 4.69) is 34.5 Å². The van der Waals surface area contributed by atoms with E-state index in [0.717, 1.165) is 13.2 Å². The molecule has 0 bridgehead atoms. The lowest BCUT2D eigenvalue weighted by molar-refractivity contribution is -0.0799. The van der Waals surface area contributed by atoms with Gasteiger partial charge < -0.3 is 15.0 Å². The number of nitrogens with one attached hydrogen (secondary N) is 1. The Hall–Kier alpha value is -1.22. The standard InChI is InChI=1S/C18H26N2O/c1-2-7-17-16(6-1)19-11-5-12-20(17)15-8-13-21-18(14-15)9-3-4-10-18/h1-2,6-7,15,19H,3-5,8-14H2. The van der Waals surface area contributed by atoms with Crippen molar-refractivity contribution in [1.29, 1.82) is 0 Å². The predicted molar refractivity (Wildman–Crippen MR) is 87.1 cm³/mol. The Morgan fingerprint density at radius 3 is 2.90 bits per heavy atom. The predicted octanol–water partition coefficient (Wildman–Crippen LogP) is 3.80. The van der Waals surface area contributed by atoms with Crippen molar-refractivity contribution in [3.05, 3.63) is 24.3 Å². The molecular weight excluding hydrogens is 260 g/mol. The minimum absolute atomic E-state index is 0.206. The molecule has 0 amide bonds. The molecule has 2 fully saturated rings. The maximum absolute atomic E-state index is 6.22. The molecule has 1 N–H and O–H groups in total. The second kappa shape index (κ2) is 5.53. The third-order valence-electron chi connectivity index (χ3n) is 5.53. The molecule has 1 atom stereocenters. The van der Waals surface area contributed by atoms with Crippen molar-refractivity contribution in [2.75, 3.05) is 29.9 Å². The van der Waals surface area contributed by atoms with Crippen LogP contribution in [0, 0.1) is 0 Å². The molecule has 3 aliphatic rings. The van der Waals surface area contributed by atoms with Crippen LogP contribution in [0.25, 0.3) is 0 Å². The lowest BCUT2D eigenvalue weighted by atomic mass is 9.87. The van der Waals surface area contributed by atoms with Gasteiger partial charge in [0.1, 0.15) is 0 Å². The van der Waals surface area contributed by atoms with Gasteiger partial charge in [-0.1, -0.05) is 25.0 Å². The fourth-order valence-corrected chi connectivity index (χ4v) is 4.48. The fraction of sp³-hybridized carbons (Fsp3) is 0.667. The number of para-hydroxylation sites is 2. The fourth-order valence-electron chi connectivity index (χ4n) is 4.48. The first kappa shape index (κ1) is 13.4. The van der Waals surface area contributed by atoms with Gasteiger partial charge in [-0.2, -0.15) is 0 Å². The van der Waals surface area contributed by atoms with E-state index in [1.165, 1.54) is 62.9 Å². The Labute approximate surface area is 127 Å². The normalized spacial score (nSPS) is 28.0. The molecule has 3 heteroatoms. The summed E-state index contributed by atoms with van der Waals surface area (Å²) in [6.07, 6.45) is 8.88. The van der Waals surface area contributed by atoms with Gasteiger partial charge in [0.05, 0.1) is 17.0 Å². The van der Waals surface area contributed by atoms with Crippen molar-refractivity contribution in [1.82, 2.24) is 0 Å². The van der Waals surface area contributed by atoms with Crippen LogP contribution in [-0.4, -0.2) is 31.3 Å². The molecule has 1 saturated carbocycles. The molecular formula is C18H26N2O. The zero-order valence-electron chi connectivity index (χ0n) is 12.8. The van der Waals surface area contributed by atoms with Gasteiger partial charge in [0.25, 0.3) is 0 Å². The number of nitrogens with zero attached hydrogens (tertiary/aromatic N) is 1. The van der Waals surface area contributed by atoms with Gasteiger partial charge in [-0.15, -0.1) is 0 Å². The highest BCUT2D eigenvalue weighted by molar-refractivity contribution is 5.71. The van der Waals surface area contributed by atoms with Crippen molar-refractivity contribution in [3.63, 3.8) is 0 Å². The summed E-state index contributed by atoms with van der Waals surface area (Å²) in [5.41, 5.74) is 2.91. The first-order chi connectivity index (χ1) is 10.4. The van der Waals surface area contributed by atoms with E-state index in [1.54, 1.807) is 0 Å². The van der Waals surface area contributed by atoms with Crippen molar-refractivity contribution in [3.8, 4) is 0 Å². The van der Waals surface area contributed by atoms with Gasteiger partial charge in [-0.25, -0.2) is 0 Å². The zero-order chi connectivity index (χ0) is 14.1. The molecule has 21 heavy (non-hydrogen) atoms. The Bertz CT molecular complexity index is 496. The van der Waals surface area contributed by atoms with Crippen LogP contribution < -0.4 is 10.2 Å². The molecule has 0 radical (unpaired) electrons. The van der Waals surface area contributed by atoms with Crippen LogP contribution >= 0.6 is 0 Å². The average molecular weight is 286 g/mol. The Morgan fingerprint density at radius 1 is 1.14 bits per heavy atom. The van der Waals surface area contributed by atoms with Gasteiger partial charge in [-0.05, 0) is 44.2 Å². The highest BCUT2D eigenvalue weighted by atomic mass is 16.5. The van der Waals surface area contributed by atoms with Crippen LogP contribution in [0.15, 0.2) is 24.3 Å². The van der Waals surface area contributed by atoms with E-state index in [-0.39, 0.29) is 5.60 Å².